The van der Waals surface area contributed by atoms with E-state index in [4.69, 9.17) is 5.11 Å². The van der Waals surface area contributed by atoms with Crippen LogP contribution in [0.5, 0.6) is 0 Å². The highest BCUT2D eigenvalue weighted by Gasteiger charge is 2.16. The monoisotopic (exact) mass is 264 g/mol. The third kappa shape index (κ3) is 4.62. The summed E-state index contributed by atoms with van der Waals surface area (Å²) in [4.78, 5) is 25.9. The lowest BCUT2D eigenvalue weighted by molar-refractivity contribution is -0.135. The molecule has 19 heavy (non-hydrogen) atoms. The minimum Gasteiger partial charge on any atom is -0.480 e. The summed E-state index contributed by atoms with van der Waals surface area (Å²) >= 11 is 0. The topological polar surface area (TPSA) is 60.9 Å². The number of carboxylic acid groups (broad SMARTS) is 1. The fourth-order valence-electron chi connectivity index (χ4n) is 1.62. The zero-order chi connectivity index (χ0) is 14.4. The minimum absolute atomic E-state index is 0.0691. The van der Waals surface area contributed by atoms with E-state index in [9.17, 15) is 9.59 Å². The van der Waals surface area contributed by atoms with E-state index >= 15 is 0 Å². The number of aryl methyl sites for hydroxylation is 1. The Kier molecular flexibility index (Phi) is 5.36. The molecule has 0 radical (unpaired) electrons. The predicted molar refractivity (Wildman–Crippen MR) is 74.3 cm³/mol. The Labute approximate surface area is 113 Å². The maximum absolute atomic E-state index is 11.9. The molecule has 0 spiro atoms. The number of amides is 1. The molecular formula is C14H20N2O3. The summed E-state index contributed by atoms with van der Waals surface area (Å²) in [6.45, 7) is 4.33. The Balaban J connectivity index is 2.85. The van der Waals surface area contributed by atoms with Crippen LogP contribution in [-0.4, -0.2) is 48.6 Å². The van der Waals surface area contributed by atoms with E-state index in [2.05, 4.69) is 0 Å². The van der Waals surface area contributed by atoms with Crippen molar-refractivity contribution < 1.29 is 14.7 Å². The molecule has 0 saturated carbocycles. The Morgan fingerprint density at radius 3 is 2.21 bits per heavy atom. The minimum atomic E-state index is -0.951. The molecular weight excluding hydrogens is 244 g/mol. The van der Waals surface area contributed by atoms with Crippen molar-refractivity contribution >= 4 is 17.6 Å². The summed E-state index contributed by atoms with van der Waals surface area (Å²) in [6.07, 6.45) is 0. The standard InChI is InChI=1S/C14H20N2O3/c1-4-15(3)13(17)9-16(10-14(18)19)12-7-5-11(2)6-8-12/h5-8H,4,9-10H2,1-3H3,(H,18,19). The van der Waals surface area contributed by atoms with Gasteiger partial charge in [-0.3, -0.25) is 9.59 Å². The lowest BCUT2D eigenvalue weighted by Gasteiger charge is -2.25. The highest BCUT2D eigenvalue weighted by Crippen LogP contribution is 2.15. The largest absolute Gasteiger partial charge is 0.480 e. The summed E-state index contributed by atoms with van der Waals surface area (Å²) in [5, 5.41) is 8.94. The first-order valence-electron chi connectivity index (χ1n) is 6.21. The molecule has 0 aliphatic rings. The summed E-state index contributed by atoms with van der Waals surface area (Å²) in [7, 11) is 1.70. The Morgan fingerprint density at radius 2 is 1.74 bits per heavy atom. The zero-order valence-corrected chi connectivity index (χ0v) is 11.6. The fraction of sp³-hybridized carbons (Fsp3) is 0.429. The van der Waals surface area contributed by atoms with Crippen molar-refractivity contribution in [2.75, 3.05) is 31.6 Å². The molecule has 0 aliphatic heterocycles. The Hall–Kier alpha value is -2.04. The van der Waals surface area contributed by atoms with Crippen LogP contribution >= 0.6 is 0 Å². The quantitative estimate of drug-likeness (QED) is 0.843. The molecule has 0 aromatic heterocycles. The second-order valence-corrected chi connectivity index (χ2v) is 4.49. The van der Waals surface area contributed by atoms with E-state index in [0.717, 1.165) is 11.3 Å². The molecule has 0 atom stereocenters. The summed E-state index contributed by atoms with van der Waals surface area (Å²) in [5.41, 5.74) is 1.84. The average Bonchev–Trinajstić information content (AvgIpc) is 2.37. The number of rotatable bonds is 6. The van der Waals surface area contributed by atoms with Crippen molar-refractivity contribution in [3.63, 3.8) is 0 Å². The molecule has 1 rings (SSSR count). The SMILES string of the molecule is CCN(C)C(=O)CN(CC(=O)O)c1ccc(C)cc1. The van der Waals surface area contributed by atoms with Gasteiger partial charge in [0.05, 0.1) is 6.54 Å². The van der Waals surface area contributed by atoms with E-state index in [1.807, 2.05) is 38.1 Å². The Morgan fingerprint density at radius 1 is 1.16 bits per heavy atom. The zero-order valence-electron chi connectivity index (χ0n) is 11.6. The number of nitrogens with zero attached hydrogens (tertiary/aromatic N) is 2. The van der Waals surface area contributed by atoms with Gasteiger partial charge in [0.1, 0.15) is 6.54 Å². The lowest BCUT2D eigenvalue weighted by atomic mass is 10.2. The first-order chi connectivity index (χ1) is 8.93. The van der Waals surface area contributed by atoms with E-state index in [-0.39, 0.29) is 19.0 Å². The van der Waals surface area contributed by atoms with Gasteiger partial charge in [0.2, 0.25) is 5.91 Å². The molecule has 0 heterocycles. The summed E-state index contributed by atoms with van der Waals surface area (Å²) < 4.78 is 0. The molecule has 0 bridgehead atoms. The van der Waals surface area contributed by atoms with Crippen molar-refractivity contribution in [2.24, 2.45) is 0 Å². The van der Waals surface area contributed by atoms with Crippen LogP contribution < -0.4 is 4.90 Å². The Bertz CT molecular complexity index is 443. The van der Waals surface area contributed by atoms with Gasteiger partial charge in [-0.25, -0.2) is 0 Å². The van der Waals surface area contributed by atoms with E-state index < -0.39 is 5.97 Å². The molecule has 5 heteroatoms. The molecule has 1 N–H and O–H groups in total. The van der Waals surface area contributed by atoms with Crippen LogP contribution in [0.25, 0.3) is 0 Å². The van der Waals surface area contributed by atoms with Crippen molar-refractivity contribution in [3.05, 3.63) is 29.8 Å². The van der Waals surface area contributed by atoms with Gasteiger partial charge in [-0.05, 0) is 26.0 Å². The van der Waals surface area contributed by atoms with Gasteiger partial charge in [-0.2, -0.15) is 0 Å². The van der Waals surface area contributed by atoms with Crippen molar-refractivity contribution in [1.82, 2.24) is 4.90 Å². The van der Waals surface area contributed by atoms with Crippen LogP contribution in [0.15, 0.2) is 24.3 Å². The molecule has 0 aliphatic carbocycles. The van der Waals surface area contributed by atoms with Crippen LogP contribution in [0.2, 0.25) is 0 Å². The molecule has 0 unspecified atom stereocenters. The number of carbonyl (C=O) groups excluding carboxylic acids is 1. The molecule has 0 saturated heterocycles. The highest BCUT2D eigenvalue weighted by atomic mass is 16.4. The van der Waals surface area contributed by atoms with Crippen LogP contribution in [0, 0.1) is 6.92 Å². The second kappa shape index (κ2) is 6.78. The summed E-state index contributed by atoms with van der Waals surface area (Å²) in [6, 6.07) is 7.46. The predicted octanol–water partition coefficient (Wildman–Crippen LogP) is 1.36. The molecule has 1 aromatic rings. The number of hydrogen-bond donors (Lipinski definition) is 1. The molecule has 104 valence electrons. The van der Waals surface area contributed by atoms with Crippen LogP contribution in [0.3, 0.4) is 0 Å². The van der Waals surface area contributed by atoms with E-state index in [1.165, 1.54) is 0 Å². The third-order valence-electron chi connectivity index (χ3n) is 2.95. The fourth-order valence-corrected chi connectivity index (χ4v) is 1.62. The first kappa shape index (κ1) is 15.0. The van der Waals surface area contributed by atoms with Crippen molar-refractivity contribution in [2.45, 2.75) is 13.8 Å². The number of likely N-dealkylation sites (N-methyl/N-ethyl adjacent to an activating group) is 1. The molecule has 1 aromatic carbocycles. The van der Waals surface area contributed by atoms with E-state index in [1.54, 1.807) is 16.8 Å². The molecule has 0 fully saturated rings. The normalized spacial score (nSPS) is 10.1. The first-order valence-corrected chi connectivity index (χ1v) is 6.21. The van der Waals surface area contributed by atoms with Gasteiger partial charge in [-0.1, -0.05) is 17.7 Å². The number of hydrogen-bond acceptors (Lipinski definition) is 3. The maximum atomic E-state index is 11.9. The number of aliphatic carboxylic acids is 1. The van der Waals surface area contributed by atoms with Crippen LogP contribution in [0.4, 0.5) is 5.69 Å². The summed E-state index contributed by atoms with van der Waals surface area (Å²) in [5.74, 6) is -1.04. The highest BCUT2D eigenvalue weighted by molar-refractivity contribution is 5.84. The van der Waals surface area contributed by atoms with Crippen molar-refractivity contribution in [3.8, 4) is 0 Å². The number of anilines is 1. The number of carbonyl (C=O) groups is 2. The van der Waals surface area contributed by atoms with Crippen LogP contribution in [-0.2, 0) is 9.59 Å². The van der Waals surface area contributed by atoms with Gasteiger partial charge < -0.3 is 14.9 Å². The van der Waals surface area contributed by atoms with Gasteiger partial charge in [0.25, 0.3) is 0 Å². The van der Waals surface area contributed by atoms with Gasteiger partial charge in [0.15, 0.2) is 0 Å². The average molecular weight is 264 g/mol. The van der Waals surface area contributed by atoms with Gasteiger partial charge in [0, 0.05) is 19.3 Å². The third-order valence-corrected chi connectivity index (χ3v) is 2.95. The van der Waals surface area contributed by atoms with Gasteiger partial charge >= 0.3 is 5.97 Å². The van der Waals surface area contributed by atoms with E-state index in [0.29, 0.717) is 6.54 Å². The van der Waals surface area contributed by atoms with Gasteiger partial charge in [-0.15, -0.1) is 0 Å². The lowest BCUT2D eigenvalue weighted by Crippen LogP contribution is -2.40. The number of benzene rings is 1. The van der Waals surface area contributed by atoms with Crippen LogP contribution in [0.1, 0.15) is 12.5 Å². The second-order valence-electron chi connectivity index (χ2n) is 4.49. The molecule has 5 nitrogen and oxygen atoms in total. The number of carboxylic acids is 1. The molecule has 1 amide bonds. The smallest absolute Gasteiger partial charge is 0.323 e. The maximum Gasteiger partial charge on any atom is 0.323 e. The van der Waals surface area contributed by atoms with Crippen molar-refractivity contribution in [1.29, 1.82) is 0 Å².